The second-order valence-corrected chi connectivity index (χ2v) is 6.67. The second kappa shape index (κ2) is 6.61. The number of hydrogen-bond acceptors (Lipinski definition) is 3. The summed E-state index contributed by atoms with van der Waals surface area (Å²) in [4.78, 5) is 16.9. The van der Waals surface area contributed by atoms with Gasteiger partial charge >= 0.3 is 0 Å². The first-order valence-corrected chi connectivity index (χ1v) is 8.54. The summed E-state index contributed by atoms with van der Waals surface area (Å²) in [5.41, 5.74) is 2.23. The maximum absolute atomic E-state index is 12.4. The van der Waals surface area contributed by atoms with Crippen molar-refractivity contribution in [3.8, 4) is 0 Å². The third-order valence-corrected chi connectivity index (χ3v) is 5.06. The number of nitrogens with one attached hydrogen (secondary N) is 1. The van der Waals surface area contributed by atoms with Crippen molar-refractivity contribution in [3.05, 3.63) is 59.9 Å². The number of H-pyrrole nitrogens is 1. The van der Waals surface area contributed by atoms with Crippen LogP contribution < -0.4 is 0 Å². The van der Waals surface area contributed by atoms with Crippen molar-refractivity contribution >= 4 is 12.0 Å². The topological polar surface area (TPSA) is 52.2 Å². The average Bonchev–Trinajstić information content (AvgIpc) is 3.09. The van der Waals surface area contributed by atoms with Gasteiger partial charge in [-0.25, -0.2) is 0 Å². The Kier molecular flexibility index (Phi) is 4.17. The Morgan fingerprint density at radius 2 is 2.12 bits per heavy atom. The quantitative estimate of drug-likeness (QED) is 0.878. The molecular weight excluding hydrogens is 300 g/mol. The van der Waals surface area contributed by atoms with Crippen LogP contribution in [0.15, 0.2) is 48.7 Å². The molecule has 0 saturated carbocycles. The maximum Gasteiger partial charge on any atom is 0.246 e. The SMILES string of the molecule is O=C(/C=C/c1ccccc1)N1C[C@@H]2CN(Cc3ccn[nH]3)CC[C@@H]21. The summed E-state index contributed by atoms with van der Waals surface area (Å²) in [6, 6.07) is 12.4. The van der Waals surface area contributed by atoms with E-state index in [2.05, 4.69) is 15.1 Å². The number of piperidine rings is 1. The number of aromatic nitrogens is 2. The summed E-state index contributed by atoms with van der Waals surface area (Å²) < 4.78 is 0. The highest BCUT2D eigenvalue weighted by atomic mass is 16.2. The highest BCUT2D eigenvalue weighted by molar-refractivity contribution is 5.92. The van der Waals surface area contributed by atoms with Crippen LogP contribution in [0.25, 0.3) is 6.08 Å². The van der Waals surface area contributed by atoms with Gasteiger partial charge in [0.2, 0.25) is 5.91 Å². The number of carbonyl (C=O) groups excluding carboxylic acids is 1. The van der Waals surface area contributed by atoms with Crippen molar-refractivity contribution in [1.82, 2.24) is 20.0 Å². The number of rotatable bonds is 4. The molecule has 0 unspecified atom stereocenters. The average molecular weight is 322 g/mol. The summed E-state index contributed by atoms with van der Waals surface area (Å²) in [6.45, 7) is 3.90. The van der Waals surface area contributed by atoms with Crippen LogP contribution in [0.2, 0.25) is 0 Å². The van der Waals surface area contributed by atoms with Gasteiger partial charge < -0.3 is 4.90 Å². The monoisotopic (exact) mass is 322 g/mol. The fourth-order valence-corrected chi connectivity index (χ4v) is 3.77. The van der Waals surface area contributed by atoms with Gasteiger partial charge in [-0.05, 0) is 24.1 Å². The van der Waals surface area contributed by atoms with E-state index in [1.165, 1.54) is 0 Å². The van der Waals surface area contributed by atoms with E-state index in [1.54, 1.807) is 12.3 Å². The van der Waals surface area contributed by atoms with Crippen LogP contribution in [0.5, 0.6) is 0 Å². The lowest BCUT2D eigenvalue weighted by Gasteiger charge is -2.53. The summed E-state index contributed by atoms with van der Waals surface area (Å²) in [6.07, 6.45) is 6.47. The van der Waals surface area contributed by atoms with Gasteiger partial charge in [-0.3, -0.25) is 14.8 Å². The molecule has 2 aromatic rings. The molecule has 5 heteroatoms. The molecule has 0 bridgehead atoms. The molecule has 2 atom stereocenters. The lowest BCUT2D eigenvalue weighted by molar-refractivity contribution is -0.142. The standard InChI is InChI=1S/C19H22N4O/c24-19(7-6-15-4-2-1-3-5-15)23-13-16-12-22(11-9-18(16)23)14-17-8-10-20-21-17/h1-8,10,16,18H,9,11-14H2,(H,20,21)/b7-6+/t16-,18-/m0/s1. The molecule has 0 radical (unpaired) electrons. The molecule has 0 aliphatic carbocycles. The molecular formula is C19H22N4O. The Balaban J connectivity index is 1.30. The zero-order valence-electron chi connectivity index (χ0n) is 13.6. The van der Waals surface area contributed by atoms with Crippen LogP contribution in [0.4, 0.5) is 0 Å². The number of benzene rings is 1. The van der Waals surface area contributed by atoms with Crippen molar-refractivity contribution < 1.29 is 4.79 Å². The predicted molar refractivity (Wildman–Crippen MR) is 92.9 cm³/mol. The molecule has 1 aromatic heterocycles. The number of nitrogens with zero attached hydrogens (tertiary/aromatic N) is 3. The largest absolute Gasteiger partial charge is 0.335 e. The van der Waals surface area contributed by atoms with E-state index in [1.807, 2.05) is 47.4 Å². The smallest absolute Gasteiger partial charge is 0.246 e. The van der Waals surface area contributed by atoms with Crippen LogP contribution >= 0.6 is 0 Å². The third kappa shape index (κ3) is 3.12. The normalized spacial score (nSPS) is 23.9. The fraction of sp³-hybridized carbons (Fsp3) is 0.368. The van der Waals surface area contributed by atoms with Crippen molar-refractivity contribution in [3.63, 3.8) is 0 Å². The molecule has 2 fully saturated rings. The van der Waals surface area contributed by atoms with Gasteiger partial charge in [0.05, 0.1) is 0 Å². The minimum atomic E-state index is 0.141. The number of likely N-dealkylation sites (tertiary alicyclic amines) is 2. The lowest BCUT2D eigenvalue weighted by atomic mass is 9.82. The minimum Gasteiger partial charge on any atom is -0.335 e. The van der Waals surface area contributed by atoms with Crippen molar-refractivity contribution in [2.24, 2.45) is 5.92 Å². The molecule has 0 spiro atoms. The number of amides is 1. The number of fused-ring (bicyclic) bond motifs is 1. The fourth-order valence-electron chi connectivity index (χ4n) is 3.77. The first kappa shape index (κ1) is 15.1. The van der Waals surface area contributed by atoms with Crippen molar-refractivity contribution in [2.75, 3.05) is 19.6 Å². The molecule has 124 valence electrons. The zero-order chi connectivity index (χ0) is 16.4. The number of hydrogen-bond donors (Lipinski definition) is 1. The molecule has 2 aliphatic rings. The van der Waals surface area contributed by atoms with Crippen LogP contribution in [-0.2, 0) is 11.3 Å². The van der Waals surface area contributed by atoms with Gasteiger partial charge in [0, 0.05) is 56.1 Å². The summed E-state index contributed by atoms with van der Waals surface area (Å²) in [7, 11) is 0. The highest BCUT2D eigenvalue weighted by Crippen LogP contribution is 2.33. The Morgan fingerprint density at radius 1 is 1.25 bits per heavy atom. The number of aromatic amines is 1. The number of carbonyl (C=O) groups is 1. The molecule has 24 heavy (non-hydrogen) atoms. The summed E-state index contributed by atoms with van der Waals surface area (Å²) in [5.74, 6) is 0.748. The van der Waals surface area contributed by atoms with Gasteiger partial charge in [-0.15, -0.1) is 0 Å². The Morgan fingerprint density at radius 3 is 2.88 bits per heavy atom. The van der Waals surface area contributed by atoms with Gasteiger partial charge in [0.1, 0.15) is 0 Å². The third-order valence-electron chi connectivity index (χ3n) is 5.06. The van der Waals surface area contributed by atoms with E-state index in [-0.39, 0.29) is 5.91 Å². The van der Waals surface area contributed by atoms with Gasteiger partial charge in [-0.2, -0.15) is 5.10 Å². The first-order valence-electron chi connectivity index (χ1n) is 8.54. The van der Waals surface area contributed by atoms with Crippen molar-refractivity contribution in [1.29, 1.82) is 0 Å². The van der Waals surface area contributed by atoms with E-state index in [9.17, 15) is 4.79 Å². The molecule has 5 nitrogen and oxygen atoms in total. The zero-order valence-corrected chi connectivity index (χ0v) is 13.6. The van der Waals surface area contributed by atoms with Crippen molar-refractivity contribution in [2.45, 2.75) is 19.0 Å². The first-order chi connectivity index (χ1) is 11.8. The maximum atomic E-state index is 12.4. The minimum absolute atomic E-state index is 0.141. The summed E-state index contributed by atoms with van der Waals surface area (Å²) >= 11 is 0. The Bertz CT molecular complexity index is 710. The predicted octanol–water partition coefficient (Wildman–Crippen LogP) is 2.16. The molecule has 2 saturated heterocycles. The molecule has 3 heterocycles. The van der Waals surface area contributed by atoms with Crippen LogP contribution in [-0.4, -0.2) is 51.6 Å². The van der Waals surface area contributed by atoms with E-state index < -0.39 is 0 Å². The molecule has 1 amide bonds. The van der Waals surface area contributed by atoms with E-state index in [0.29, 0.717) is 12.0 Å². The highest BCUT2D eigenvalue weighted by Gasteiger charge is 2.44. The Hall–Kier alpha value is -2.40. The molecule has 1 N–H and O–H groups in total. The van der Waals surface area contributed by atoms with Crippen LogP contribution in [0.3, 0.4) is 0 Å². The van der Waals surface area contributed by atoms with E-state index >= 15 is 0 Å². The van der Waals surface area contributed by atoms with Crippen LogP contribution in [0.1, 0.15) is 17.7 Å². The molecule has 2 aliphatic heterocycles. The van der Waals surface area contributed by atoms with Gasteiger partial charge in [0.15, 0.2) is 0 Å². The lowest BCUT2D eigenvalue weighted by Crippen LogP contribution is -2.64. The Labute approximate surface area is 142 Å². The van der Waals surface area contributed by atoms with Crippen LogP contribution in [0, 0.1) is 5.92 Å². The van der Waals surface area contributed by atoms with Gasteiger partial charge in [-0.1, -0.05) is 30.3 Å². The van der Waals surface area contributed by atoms with E-state index in [0.717, 1.165) is 43.9 Å². The molecule has 1 aromatic carbocycles. The second-order valence-electron chi connectivity index (χ2n) is 6.67. The molecule has 4 rings (SSSR count). The van der Waals surface area contributed by atoms with E-state index in [4.69, 9.17) is 0 Å². The summed E-state index contributed by atoms with van der Waals surface area (Å²) in [5, 5.41) is 7.03. The van der Waals surface area contributed by atoms with Gasteiger partial charge in [0.25, 0.3) is 0 Å².